The lowest BCUT2D eigenvalue weighted by atomic mass is 9.88. The lowest BCUT2D eigenvalue weighted by Gasteiger charge is -2.16. The van der Waals surface area contributed by atoms with Crippen molar-refractivity contribution in [3.63, 3.8) is 0 Å². The van der Waals surface area contributed by atoms with Crippen molar-refractivity contribution in [3.05, 3.63) is 46.8 Å². The number of benzene rings is 1. The molecule has 1 atom stereocenters. The fraction of sp³-hybridized carbons (Fsp3) is 0.389. The molecule has 1 unspecified atom stereocenters. The Morgan fingerprint density at radius 1 is 1.33 bits per heavy atom. The number of amides is 1. The van der Waals surface area contributed by atoms with E-state index in [0.29, 0.717) is 29.5 Å². The minimum atomic E-state index is -0.380. The summed E-state index contributed by atoms with van der Waals surface area (Å²) in [7, 11) is 0. The Labute approximate surface area is 140 Å². The molecular weight excluding hydrogens is 308 g/mol. The van der Waals surface area contributed by atoms with Gasteiger partial charge in [-0.1, -0.05) is 12.1 Å². The van der Waals surface area contributed by atoms with Crippen molar-refractivity contribution in [2.75, 3.05) is 11.9 Å². The van der Waals surface area contributed by atoms with Gasteiger partial charge in [0.05, 0.1) is 12.2 Å². The molecule has 0 saturated heterocycles. The van der Waals surface area contributed by atoms with E-state index in [2.05, 4.69) is 17.4 Å². The summed E-state index contributed by atoms with van der Waals surface area (Å²) in [6, 6.07) is 6.57. The Hall–Kier alpha value is -2.63. The van der Waals surface area contributed by atoms with Crippen molar-refractivity contribution >= 4 is 17.6 Å². The molecule has 6 nitrogen and oxygen atoms in total. The smallest absolute Gasteiger partial charge is 0.338 e. The summed E-state index contributed by atoms with van der Waals surface area (Å²) < 4.78 is 10.2. The van der Waals surface area contributed by atoms with Crippen LogP contribution >= 0.6 is 0 Å². The van der Waals surface area contributed by atoms with Gasteiger partial charge in [-0.2, -0.15) is 0 Å². The average Bonchev–Trinajstić information content (AvgIpc) is 2.98. The zero-order chi connectivity index (χ0) is 17.1. The Kier molecular flexibility index (Phi) is 4.64. The van der Waals surface area contributed by atoms with E-state index in [1.165, 1.54) is 0 Å². The van der Waals surface area contributed by atoms with Crippen LogP contribution in [0.3, 0.4) is 0 Å². The van der Waals surface area contributed by atoms with Gasteiger partial charge >= 0.3 is 5.97 Å². The molecule has 0 radical (unpaired) electrons. The van der Waals surface area contributed by atoms with Gasteiger partial charge in [-0.3, -0.25) is 4.79 Å². The molecule has 1 aliphatic rings. The number of esters is 1. The Morgan fingerprint density at radius 2 is 2.08 bits per heavy atom. The molecule has 0 spiro atoms. The molecule has 1 heterocycles. The van der Waals surface area contributed by atoms with E-state index in [4.69, 9.17) is 9.26 Å². The molecule has 0 aliphatic heterocycles. The third-order valence-electron chi connectivity index (χ3n) is 4.16. The van der Waals surface area contributed by atoms with Crippen LogP contribution in [0.15, 0.2) is 28.8 Å². The second kappa shape index (κ2) is 6.86. The molecule has 24 heavy (non-hydrogen) atoms. The van der Waals surface area contributed by atoms with Gasteiger partial charge in [-0.05, 0) is 49.9 Å². The van der Waals surface area contributed by atoms with Crippen LogP contribution in [0.4, 0.5) is 5.69 Å². The largest absolute Gasteiger partial charge is 0.462 e. The first-order valence-corrected chi connectivity index (χ1v) is 8.14. The van der Waals surface area contributed by atoms with Crippen LogP contribution in [0.1, 0.15) is 52.4 Å². The number of ether oxygens (including phenoxy) is 1. The van der Waals surface area contributed by atoms with Gasteiger partial charge in [0.25, 0.3) is 5.91 Å². The Morgan fingerprint density at radius 3 is 2.79 bits per heavy atom. The number of hydrogen-bond donors (Lipinski definition) is 1. The number of aromatic nitrogens is 1. The van der Waals surface area contributed by atoms with Crippen molar-refractivity contribution in [2.45, 2.75) is 33.1 Å². The maximum atomic E-state index is 12.4. The molecule has 1 aromatic heterocycles. The number of rotatable bonds is 4. The van der Waals surface area contributed by atoms with E-state index in [9.17, 15) is 9.59 Å². The van der Waals surface area contributed by atoms with E-state index in [1.54, 1.807) is 31.2 Å². The van der Waals surface area contributed by atoms with E-state index in [0.717, 1.165) is 30.6 Å². The van der Waals surface area contributed by atoms with Crippen molar-refractivity contribution < 1.29 is 18.8 Å². The topological polar surface area (TPSA) is 81.4 Å². The fourth-order valence-electron chi connectivity index (χ4n) is 2.85. The molecule has 126 valence electrons. The molecular formula is C18H20N2O4. The fourth-order valence-corrected chi connectivity index (χ4v) is 2.85. The molecule has 1 aliphatic carbocycles. The van der Waals surface area contributed by atoms with Gasteiger partial charge < -0.3 is 14.6 Å². The highest BCUT2D eigenvalue weighted by Gasteiger charge is 2.26. The number of anilines is 1. The van der Waals surface area contributed by atoms with Gasteiger partial charge in [0.2, 0.25) is 0 Å². The van der Waals surface area contributed by atoms with E-state index < -0.39 is 0 Å². The van der Waals surface area contributed by atoms with Gasteiger partial charge in [-0.25, -0.2) is 4.79 Å². The highest BCUT2D eigenvalue weighted by Crippen LogP contribution is 2.28. The van der Waals surface area contributed by atoms with E-state index in [-0.39, 0.29) is 11.9 Å². The number of hydrogen-bond acceptors (Lipinski definition) is 5. The van der Waals surface area contributed by atoms with Crippen molar-refractivity contribution in [1.29, 1.82) is 0 Å². The van der Waals surface area contributed by atoms with Crippen molar-refractivity contribution in [3.8, 4) is 0 Å². The van der Waals surface area contributed by atoms with Crippen molar-refractivity contribution in [2.24, 2.45) is 5.92 Å². The normalized spacial score (nSPS) is 16.3. The summed E-state index contributed by atoms with van der Waals surface area (Å²) >= 11 is 0. The maximum absolute atomic E-state index is 12.4. The number of nitrogens with one attached hydrogen (secondary N) is 1. The minimum Gasteiger partial charge on any atom is -0.462 e. The van der Waals surface area contributed by atoms with Crippen LogP contribution in [-0.4, -0.2) is 23.6 Å². The highest BCUT2D eigenvalue weighted by molar-refractivity contribution is 6.04. The van der Waals surface area contributed by atoms with Gasteiger partial charge in [0, 0.05) is 17.7 Å². The van der Waals surface area contributed by atoms with Gasteiger partial charge in [-0.15, -0.1) is 0 Å². The van der Waals surface area contributed by atoms with Crippen LogP contribution < -0.4 is 5.32 Å². The zero-order valence-electron chi connectivity index (χ0n) is 13.8. The minimum absolute atomic E-state index is 0.294. The number of aryl methyl sites for hydroxylation is 1. The van der Waals surface area contributed by atoms with Crippen LogP contribution in [0.25, 0.3) is 0 Å². The Bertz CT molecular complexity index is 749. The number of carbonyl (C=O) groups excluding carboxylic acids is 2. The quantitative estimate of drug-likeness (QED) is 0.871. The summed E-state index contributed by atoms with van der Waals surface area (Å²) in [5.41, 5.74) is 2.30. The van der Waals surface area contributed by atoms with Gasteiger partial charge in [0.15, 0.2) is 5.69 Å². The van der Waals surface area contributed by atoms with E-state index >= 15 is 0 Å². The Balaban J connectivity index is 1.71. The summed E-state index contributed by atoms with van der Waals surface area (Å²) in [5.74, 6) is 0.663. The van der Waals surface area contributed by atoms with Crippen LogP contribution in [0.2, 0.25) is 0 Å². The standard InChI is InChI=1S/C18H20N2O4/c1-3-23-18(22)12-5-7-13(8-6-12)19-17(21)16-14-10-11(2)4-9-15(14)24-20-16/h5-8,11H,3-4,9-10H2,1-2H3,(H,19,21). The number of carbonyl (C=O) groups is 2. The third kappa shape index (κ3) is 3.32. The first-order chi connectivity index (χ1) is 11.6. The first-order valence-electron chi connectivity index (χ1n) is 8.14. The summed E-state index contributed by atoms with van der Waals surface area (Å²) in [6.45, 7) is 4.24. The zero-order valence-corrected chi connectivity index (χ0v) is 13.8. The molecule has 3 rings (SSSR count). The molecule has 0 fully saturated rings. The molecule has 0 saturated carbocycles. The van der Waals surface area contributed by atoms with Crippen LogP contribution in [0.5, 0.6) is 0 Å². The lowest BCUT2D eigenvalue weighted by Crippen LogP contribution is -2.18. The monoisotopic (exact) mass is 328 g/mol. The number of fused-ring (bicyclic) bond motifs is 1. The molecule has 1 aromatic carbocycles. The third-order valence-corrected chi connectivity index (χ3v) is 4.16. The molecule has 1 N–H and O–H groups in total. The number of nitrogens with zero attached hydrogens (tertiary/aromatic N) is 1. The predicted octanol–water partition coefficient (Wildman–Crippen LogP) is 3.23. The molecule has 0 bridgehead atoms. The summed E-state index contributed by atoms with van der Waals surface area (Å²) in [4.78, 5) is 24.1. The van der Waals surface area contributed by atoms with Gasteiger partial charge in [0.1, 0.15) is 5.76 Å². The summed E-state index contributed by atoms with van der Waals surface area (Å²) in [5, 5.41) is 6.73. The maximum Gasteiger partial charge on any atom is 0.338 e. The molecule has 1 amide bonds. The van der Waals surface area contributed by atoms with Crippen LogP contribution in [-0.2, 0) is 17.6 Å². The van der Waals surface area contributed by atoms with E-state index in [1.807, 2.05) is 0 Å². The lowest BCUT2D eigenvalue weighted by molar-refractivity contribution is 0.0526. The highest BCUT2D eigenvalue weighted by atomic mass is 16.5. The molecule has 2 aromatic rings. The molecule has 6 heteroatoms. The predicted molar refractivity (Wildman–Crippen MR) is 88.0 cm³/mol. The first kappa shape index (κ1) is 16.2. The average molecular weight is 328 g/mol. The SMILES string of the molecule is CCOC(=O)c1ccc(NC(=O)c2noc3c2CC(C)CC3)cc1. The van der Waals surface area contributed by atoms with Crippen LogP contribution in [0, 0.1) is 5.92 Å². The second-order valence-electron chi connectivity index (χ2n) is 6.03. The second-order valence-corrected chi connectivity index (χ2v) is 6.03. The summed E-state index contributed by atoms with van der Waals surface area (Å²) in [6.07, 6.45) is 2.69. The van der Waals surface area contributed by atoms with Crippen molar-refractivity contribution in [1.82, 2.24) is 5.16 Å².